The Bertz CT molecular complexity index is 556. The topological polar surface area (TPSA) is 38.0 Å². The van der Waals surface area contributed by atoms with E-state index in [-0.39, 0.29) is 11.9 Å². The molecule has 1 unspecified atom stereocenters. The molecule has 1 aromatic heterocycles. The maximum absolute atomic E-state index is 13.0. The van der Waals surface area contributed by atoms with Crippen LogP contribution in [0.4, 0.5) is 4.39 Å². The Morgan fingerprint density at radius 3 is 2.74 bits per heavy atom. The number of thiophene rings is 1. The van der Waals surface area contributed by atoms with Gasteiger partial charge in [-0.2, -0.15) is 0 Å². The summed E-state index contributed by atoms with van der Waals surface area (Å²) < 4.78 is 13.0. The van der Waals surface area contributed by atoms with Crippen LogP contribution in [0.1, 0.15) is 28.3 Å². The minimum atomic E-state index is -0.324. The van der Waals surface area contributed by atoms with E-state index in [1.54, 1.807) is 17.4 Å². The van der Waals surface area contributed by atoms with E-state index in [1.165, 1.54) is 21.9 Å². The Balaban J connectivity index is 2.18. The van der Waals surface area contributed by atoms with Crippen LogP contribution >= 0.6 is 22.9 Å². The number of rotatable bonds is 5. The summed E-state index contributed by atoms with van der Waals surface area (Å²) in [4.78, 5) is 2.49. The first-order valence-electron chi connectivity index (χ1n) is 6.12. The lowest BCUT2D eigenvalue weighted by Gasteiger charge is -2.15. The van der Waals surface area contributed by atoms with Gasteiger partial charge in [0.15, 0.2) is 0 Å². The van der Waals surface area contributed by atoms with Gasteiger partial charge in [0.2, 0.25) is 0 Å². The number of aryl methyl sites for hydroxylation is 1. The number of nitrogens with one attached hydrogen (secondary N) is 1. The second-order valence-corrected chi connectivity index (χ2v) is 5.92. The molecule has 1 heterocycles. The average Bonchev–Trinajstić information content (AvgIpc) is 2.86. The molecule has 0 bridgehead atoms. The Labute approximate surface area is 121 Å². The predicted molar refractivity (Wildman–Crippen MR) is 78.9 cm³/mol. The first kappa shape index (κ1) is 14.5. The molecule has 0 aliphatic rings. The van der Waals surface area contributed by atoms with Crippen LogP contribution in [0.25, 0.3) is 0 Å². The van der Waals surface area contributed by atoms with Gasteiger partial charge in [-0.15, -0.1) is 11.3 Å². The molecule has 0 amide bonds. The number of nitrogens with two attached hydrogens (primary N) is 1. The molecule has 2 rings (SSSR count). The molecule has 0 aliphatic heterocycles. The summed E-state index contributed by atoms with van der Waals surface area (Å²) in [5.41, 5.74) is 3.69. The van der Waals surface area contributed by atoms with Crippen LogP contribution in [0, 0.1) is 5.82 Å². The highest BCUT2D eigenvalue weighted by Gasteiger charge is 2.15. The molecule has 5 heteroatoms. The molecule has 1 aromatic carbocycles. The normalized spacial score (nSPS) is 12.6. The third kappa shape index (κ3) is 3.54. The Hall–Kier alpha value is -0.940. The van der Waals surface area contributed by atoms with Crippen LogP contribution < -0.4 is 11.3 Å². The molecular weight excluding hydrogens is 283 g/mol. The van der Waals surface area contributed by atoms with Crippen molar-refractivity contribution in [2.45, 2.75) is 25.8 Å². The summed E-state index contributed by atoms with van der Waals surface area (Å²) in [7, 11) is 0. The van der Waals surface area contributed by atoms with E-state index in [9.17, 15) is 4.39 Å². The van der Waals surface area contributed by atoms with E-state index in [4.69, 9.17) is 17.4 Å². The fourth-order valence-corrected chi connectivity index (χ4v) is 3.18. The highest BCUT2D eigenvalue weighted by atomic mass is 35.5. The summed E-state index contributed by atoms with van der Waals surface area (Å²) >= 11 is 7.78. The van der Waals surface area contributed by atoms with Crippen LogP contribution in [-0.4, -0.2) is 0 Å². The Kier molecular flexibility index (Phi) is 4.93. The molecule has 0 radical (unpaired) electrons. The fraction of sp³-hybridized carbons (Fsp3) is 0.286. The van der Waals surface area contributed by atoms with Gasteiger partial charge in [0, 0.05) is 14.8 Å². The van der Waals surface area contributed by atoms with Gasteiger partial charge < -0.3 is 0 Å². The van der Waals surface area contributed by atoms with Crippen molar-refractivity contribution >= 4 is 22.9 Å². The van der Waals surface area contributed by atoms with Crippen molar-refractivity contribution in [3.05, 3.63) is 56.5 Å². The van der Waals surface area contributed by atoms with Crippen LogP contribution in [-0.2, 0) is 12.8 Å². The number of halogens is 2. The first-order valence-corrected chi connectivity index (χ1v) is 7.32. The van der Waals surface area contributed by atoms with E-state index in [1.807, 2.05) is 0 Å². The molecule has 2 aromatic rings. The third-order valence-corrected chi connectivity index (χ3v) is 4.71. The lowest BCUT2D eigenvalue weighted by molar-refractivity contribution is 0.559. The van der Waals surface area contributed by atoms with Crippen molar-refractivity contribution in [2.75, 3.05) is 0 Å². The molecule has 1 atom stereocenters. The van der Waals surface area contributed by atoms with Gasteiger partial charge >= 0.3 is 0 Å². The highest BCUT2D eigenvalue weighted by Crippen LogP contribution is 2.28. The average molecular weight is 299 g/mol. The molecule has 102 valence electrons. The number of hydrazine groups is 1. The number of hydrogen-bond acceptors (Lipinski definition) is 3. The fourth-order valence-electron chi connectivity index (χ4n) is 1.92. The van der Waals surface area contributed by atoms with Gasteiger partial charge in [-0.05, 0) is 42.7 Å². The van der Waals surface area contributed by atoms with E-state index in [2.05, 4.69) is 24.5 Å². The van der Waals surface area contributed by atoms with Crippen LogP contribution in [0.2, 0.25) is 5.02 Å². The zero-order valence-electron chi connectivity index (χ0n) is 10.6. The zero-order chi connectivity index (χ0) is 13.8. The van der Waals surface area contributed by atoms with Crippen molar-refractivity contribution in [1.82, 2.24) is 5.43 Å². The highest BCUT2D eigenvalue weighted by molar-refractivity contribution is 7.12. The zero-order valence-corrected chi connectivity index (χ0v) is 12.2. The summed E-state index contributed by atoms with van der Waals surface area (Å²) in [6, 6.07) is 8.63. The lowest BCUT2D eigenvalue weighted by Crippen LogP contribution is -2.29. The molecular formula is C14H16ClFN2S. The first-order chi connectivity index (χ1) is 9.13. The molecule has 19 heavy (non-hydrogen) atoms. The monoisotopic (exact) mass is 298 g/mol. The maximum Gasteiger partial charge on any atom is 0.124 e. The summed E-state index contributed by atoms with van der Waals surface area (Å²) in [6.45, 7) is 2.12. The van der Waals surface area contributed by atoms with Gasteiger partial charge in [-0.1, -0.05) is 24.6 Å². The number of hydrogen-bond donors (Lipinski definition) is 2. The predicted octanol–water partition coefficient (Wildman–Crippen LogP) is 3.85. The van der Waals surface area contributed by atoms with Gasteiger partial charge in [-0.25, -0.2) is 4.39 Å². The largest absolute Gasteiger partial charge is 0.271 e. The molecule has 0 saturated heterocycles. The molecule has 0 aliphatic carbocycles. The second-order valence-electron chi connectivity index (χ2n) is 4.32. The van der Waals surface area contributed by atoms with E-state index in [0.717, 1.165) is 12.0 Å². The molecule has 0 fully saturated rings. The SMILES string of the molecule is CCc1ccc(C(Cc2ccc(F)cc2Cl)NN)s1. The smallest absolute Gasteiger partial charge is 0.124 e. The Morgan fingerprint density at radius 2 is 2.16 bits per heavy atom. The quantitative estimate of drug-likeness (QED) is 0.650. The van der Waals surface area contributed by atoms with Crippen LogP contribution in [0.3, 0.4) is 0 Å². The van der Waals surface area contributed by atoms with Crippen molar-refractivity contribution in [2.24, 2.45) is 5.84 Å². The van der Waals surface area contributed by atoms with Gasteiger partial charge in [0.1, 0.15) is 5.82 Å². The summed E-state index contributed by atoms with van der Waals surface area (Å²) in [5.74, 6) is 5.30. The number of benzene rings is 1. The second kappa shape index (κ2) is 6.48. The van der Waals surface area contributed by atoms with Crippen LogP contribution in [0.15, 0.2) is 30.3 Å². The van der Waals surface area contributed by atoms with Crippen molar-refractivity contribution in [3.8, 4) is 0 Å². The van der Waals surface area contributed by atoms with Gasteiger partial charge in [0.05, 0.1) is 6.04 Å². The Morgan fingerprint density at radius 1 is 1.37 bits per heavy atom. The van der Waals surface area contributed by atoms with E-state index < -0.39 is 0 Å². The minimum Gasteiger partial charge on any atom is -0.271 e. The van der Waals surface area contributed by atoms with Gasteiger partial charge in [-0.3, -0.25) is 11.3 Å². The third-order valence-electron chi connectivity index (χ3n) is 3.01. The van der Waals surface area contributed by atoms with Crippen molar-refractivity contribution in [1.29, 1.82) is 0 Å². The molecule has 0 spiro atoms. The maximum atomic E-state index is 13.0. The van der Waals surface area contributed by atoms with Crippen molar-refractivity contribution < 1.29 is 4.39 Å². The molecule has 0 saturated carbocycles. The minimum absolute atomic E-state index is 0.00624. The van der Waals surface area contributed by atoms with E-state index in [0.29, 0.717) is 11.4 Å². The molecule has 2 nitrogen and oxygen atoms in total. The van der Waals surface area contributed by atoms with Crippen LogP contribution in [0.5, 0.6) is 0 Å². The van der Waals surface area contributed by atoms with E-state index >= 15 is 0 Å². The molecule has 3 N–H and O–H groups in total. The summed E-state index contributed by atoms with van der Waals surface area (Å²) in [6.07, 6.45) is 1.65. The lowest BCUT2D eigenvalue weighted by atomic mass is 10.0. The standard InChI is InChI=1S/C14H16ClFN2S/c1-2-11-5-6-14(19-11)13(18-17)7-9-3-4-10(16)8-12(9)15/h3-6,8,13,18H,2,7,17H2,1H3. The van der Waals surface area contributed by atoms with Crippen molar-refractivity contribution in [3.63, 3.8) is 0 Å². The van der Waals surface area contributed by atoms with Gasteiger partial charge in [0.25, 0.3) is 0 Å². The summed E-state index contributed by atoms with van der Waals surface area (Å²) in [5, 5.41) is 0.438.